The maximum atomic E-state index is 12.2. The van der Waals surface area contributed by atoms with Crippen molar-refractivity contribution in [2.75, 3.05) is 26.9 Å². The van der Waals surface area contributed by atoms with E-state index in [1.807, 2.05) is 0 Å². The molecule has 2 rings (SSSR count). The van der Waals surface area contributed by atoms with Crippen molar-refractivity contribution >= 4 is 11.8 Å². The Bertz CT molecular complexity index is 672. The Morgan fingerprint density at radius 2 is 1.92 bits per heavy atom. The molecule has 1 aromatic carbocycles. The zero-order chi connectivity index (χ0) is 18.9. The van der Waals surface area contributed by atoms with Gasteiger partial charge in [-0.25, -0.2) is 0 Å². The summed E-state index contributed by atoms with van der Waals surface area (Å²) in [5.41, 5.74) is 4.89. The molecule has 26 heavy (non-hydrogen) atoms. The molecular weight excluding hydrogens is 340 g/mol. The molecular formula is C18H24N2O6. The van der Waals surface area contributed by atoms with Crippen molar-refractivity contribution in [3.63, 3.8) is 0 Å². The van der Waals surface area contributed by atoms with Crippen LogP contribution >= 0.6 is 0 Å². The highest BCUT2D eigenvalue weighted by atomic mass is 16.6. The second kappa shape index (κ2) is 9.55. The SMILES string of the molecule is COc1cc(C(=O)NNC(=O)C2=COCCO2)ccc1OCCC(C)C. The van der Waals surface area contributed by atoms with E-state index in [-0.39, 0.29) is 12.4 Å². The second-order valence-electron chi connectivity index (χ2n) is 6.01. The number of hydrogen-bond acceptors (Lipinski definition) is 6. The molecule has 1 aromatic rings. The molecule has 8 heteroatoms. The summed E-state index contributed by atoms with van der Waals surface area (Å²) in [5.74, 6) is 0.443. The highest BCUT2D eigenvalue weighted by molar-refractivity contribution is 5.98. The van der Waals surface area contributed by atoms with E-state index in [1.165, 1.54) is 13.4 Å². The van der Waals surface area contributed by atoms with Crippen molar-refractivity contribution in [1.29, 1.82) is 0 Å². The predicted octanol–water partition coefficient (Wildman–Crippen LogP) is 1.77. The van der Waals surface area contributed by atoms with Crippen LogP contribution in [-0.4, -0.2) is 38.7 Å². The maximum Gasteiger partial charge on any atom is 0.308 e. The molecule has 1 aliphatic rings. The minimum absolute atomic E-state index is 0.00281. The molecule has 0 unspecified atom stereocenters. The molecule has 1 heterocycles. The van der Waals surface area contributed by atoms with Crippen LogP contribution in [-0.2, 0) is 14.3 Å². The third-order valence-electron chi connectivity index (χ3n) is 3.54. The molecule has 0 atom stereocenters. The van der Waals surface area contributed by atoms with Crippen LogP contribution in [0.3, 0.4) is 0 Å². The van der Waals surface area contributed by atoms with Crippen molar-refractivity contribution in [1.82, 2.24) is 10.9 Å². The maximum absolute atomic E-state index is 12.2. The number of carbonyl (C=O) groups is 2. The molecule has 8 nitrogen and oxygen atoms in total. The lowest BCUT2D eigenvalue weighted by atomic mass is 10.1. The second-order valence-corrected chi connectivity index (χ2v) is 6.01. The Balaban J connectivity index is 1.93. The Labute approximate surface area is 152 Å². The summed E-state index contributed by atoms with van der Waals surface area (Å²) in [7, 11) is 1.50. The highest BCUT2D eigenvalue weighted by Crippen LogP contribution is 2.28. The third-order valence-corrected chi connectivity index (χ3v) is 3.54. The Kier molecular flexibility index (Phi) is 7.13. The molecule has 1 aliphatic heterocycles. The number of rotatable bonds is 7. The van der Waals surface area contributed by atoms with Crippen LogP contribution in [0, 0.1) is 5.92 Å². The van der Waals surface area contributed by atoms with Gasteiger partial charge in [-0.3, -0.25) is 20.4 Å². The minimum atomic E-state index is -0.598. The number of carbonyl (C=O) groups excluding carboxylic acids is 2. The summed E-state index contributed by atoms with van der Waals surface area (Å²) < 4.78 is 21.1. The first-order valence-electron chi connectivity index (χ1n) is 8.37. The van der Waals surface area contributed by atoms with Crippen LogP contribution in [0.5, 0.6) is 11.5 Å². The van der Waals surface area contributed by atoms with Gasteiger partial charge in [-0.05, 0) is 30.5 Å². The van der Waals surface area contributed by atoms with Gasteiger partial charge < -0.3 is 18.9 Å². The van der Waals surface area contributed by atoms with E-state index in [4.69, 9.17) is 18.9 Å². The van der Waals surface area contributed by atoms with Crippen molar-refractivity contribution in [3.8, 4) is 11.5 Å². The summed E-state index contributed by atoms with van der Waals surface area (Å²) in [6, 6.07) is 4.80. The normalized spacial score (nSPS) is 13.2. The Morgan fingerprint density at radius 1 is 1.15 bits per heavy atom. The van der Waals surface area contributed by atoms with Gasteiger partial charge in [0.2, 0.25) is 5.76 Å². The van der Waals surface area contributed by atoms with E-state index in [0.29, 0.717) is 36.2 Å². The molecule has 0 saturated carbocycles. The average Bonchev–Trinajstić information content (AvgIpc) is 2.66. The van der Waals surface area contributed by atoms with Crippen LogP contribution in [0.1, 0.15) is 30.6 Å². The van der Waals surface area contributed by atoms with Crippen molar-refractivity contribution in [2.24, 2.45) is 5.92 Å². The average molecular weight is 364 g/mol. The van der Waals surface area contributed by atoms with Crippen LogP contribution in [0.25, 0.3) is 0 Å². The molecule has 142 valence electrons. The lowest BCUT2D eigenvalue weighted by Gasteiger charge is -2.16. The van der Waals surface area contributed by atoms with E-state index in [2.05, 4.69) is 24.7 Å². The zero-order valence-corrected chi connectivity index (χ0v) is 15.2. The number of hydrazine groups is 1. The van der Waals surface area contributed by atoms with Gasteiger partial charge in [0.05, 0.1) is 13.7 Å². The van der Waals surface area contributed by atoms with Crippen LogP contribution in [0.15, 0.2) is 30.2 Å². The van der Waals surface area contributed by atoms with Gasteiger partial charge in [-0.1, -0.05) is 13.8 Å². The smallest absolute Gasteiger partial charge is 0.308 e. The molecule has 0 spiro atoms. The van der Waals surface area contributed by atoms with Crippen molar-refractivity contribution < 1.29 is 28.5 Å². The fourth-order valence-corrected chi connectivity index (χ4v) is 2.07. The van der Waals surface area contributed by atoms with Gasteiger partial charge in [-0.2, -0.15) is 0 Å². The molecule has 0 fully saturated rings. The Hall–Kier alpha value is -2.90. The number of amides is 2. The van der Waals surface area contributed by atoms with E-state index in [0.717, 1.165) is 6.42 Å². The number of benzene rings is 1. The van der Waals surface area contributed by atoms with Crippen molar-refractivity contribution in [2.45, 2.75) is 20.3 Å². The lowest BCUT2D eigenvalue weighted by Crippen LogP contribution is -2.43. The predicted molar refractivity (Wildman–Crippen MR) is 93.5 cm³/mol. The van der Waals surface area contributed by atoms with Crippen LogP contribution < -0.4 is 20.3 Å². The summed E-state index contributed by atoms with van der Waals surface area (Å²) in [6.45, 7) is 5.45. The van der Waals surface area contributed by atoms with Gasteiger partial charge in [0.25, 0.3) is 5.91 Å². The monoisotopic (exact) mass is 364 g/mol. The molecule has 0 bridgehead atoms. The van der Waals surface area contributed by atoms with Gasteiger partial charge in [0.1, 0.15) is 19.5 Å². The topological polar surface area (TPSA) is 95.1 Å². The molecule has 0 saturated heterocycles. The Morgan fingerprint density at radius 3 is 2.58 bits per heavy atom. The third kappa shape index (κ3) is 5.58. The first-order chi connectivity index (χ1) is 12.5. The van der Waals surface area contributed by atoms with Gasteiger partial charge in [0.15, 0.2) is 11.5 Å². The largest absolute Gasteiger partial charge is 0.494 e. The molecule has 0 aromatic heterocycles. The first-order valence-corrected chi connectivity index (χ1v) is 8.37. The zero-order valence-electron chi connectivity index (χ0n) is 15.2. The highest BCUT2D eigenvalue weighted by Gasteiger charge is 2.17. The lowest BCUT2D eigenvalue weighted by molar-refractivity contribution is -0.123. The molecule has 2 N–H and O–H groups in total. The van der Waals surface area contributed by atoms with Crippen molar-refractivity contribution in [3.05, 3.63) is 35.8 Å². The van der Waals surface area contributed by atoms with Gasteiger partial charge >= 0.3 is 5.91 Å². The summed E-state index contributed by atoms with van der Waals surface area (Å²) in [6.07, 6.45) is 2.12. The number of methoxy groups -OCH3 is 1. The minimum Gasteiger partial charge on any atom is -0.494 e. The number of hydrogen-bond donors (Lipinski definition) is 2. The molecule has 0 aliphatic carbocycles. The number of nitrogens with one attached hydrogen (secondary N) is 2. The fourth-order valence-electron chi connectivity index (χ4n) is 2.07. The van der Waals surface area contributed by atoms with E-state index in [9.17, 15) is 9.59 Å². The summed E-state index contributed by atoms with van der Waals surface area (Å²) >= 11 is 0. The molecule has 0 radical (unpaired) electrons. The standard InChI is InChI=1S/C18H24N2O6/c1-12(2)6-7-25-14-5-4-13(10-15(14)23-3)17(21)19-20-18(22)16-11-24-8-9-26-16/h4-5,10-12H,6-9H2,1-3H3,(H,19,21)(H,20,22). The van der Waals surface area contributed by atoms with Gasteiger partial charge in [-0.15, -0.1) is 0 Å². The van der Waals surface area contributed by atoms with E-state index < -0.39 is 11.8 Å². The van der Waals surface area contributed by atoms with Crippen LogP contribution in [0.2, 0.25) is 0 Å². The molecule has 2 amide bonds. The van der Waals surface area contributed by atoms with E-state index in [1.54, 1.807) is 18.2 Å². The first kappa shape index (κ1) is 19.4. The quantitative estimate of drug-likeness (QED) is 0.716. The van der Waals surface area contributed by atoms with Gasteiger partial charge in [0, 0.05) is 5.56 Å². The number of ether oxygens (including phenoxy) is 4. The summed E-state index contributed by atoms with van der Waals surface area (Å²) in [4.78, 5) is 24.0. The summed E-state index contributed by atoms with van der Waals surface area (Å²) in [5, 5.41) is 0. The van der Waals surface area contributed by atoms with Crippen LogP contribution in [0.4, 0.5) is 0 Å². The fraction of sp³-hybridized carbons (Fsp3) is 0.444. The van der Waals surface area contributed by atoms with E-state index >= 15 is 0 Å².